The summed E-state index contributed by atoms with van der Waals surface area (Å²) < 4.78 is 0. The highest BCUT2D eigenvalue weighted by molar-refractivity contribution is 6.30. The first-order valence-electron chi connectivity index (χ1n) is 6.18. The van der Waals surface area contributed by atoms with Gasteiger partial charge in [-0.3, -0.25) is 4.79 Å². The Balaban J connectivity index is 2.37. The predicted octanol–water partition coefficient (Wildman–Crippen LogP) is 0.510. The zero-order valence-electron chi connectivity index (χ0n) is 11.1. The molecule has 3 amide bonds. The molecule has 114 valence electrons. The molecule has 7 nitrogen and oxygen atoms in total. The van der Waals surface area contributed by atoms with Crippen LogP contribution in [0.2, 0.25) is 5.02 Å². The molecular weight excluding hydrogens is 298 g/mol. The van der Waals surface area contributed by atoms with Crippen molar-refractivity contribution in [2.24, 2.45) is 5.73 Å². The number of carboxylic acids is 1. The molecule has 0 spiro atoms. The lowest BCUT2D eigenvalue weighted by atomic mass is 10.1. The van der Waals surface area contributed by atoms with E-state index in [9.17, 15) is 14.4 Å². The van der Waals surface area contributed by atoms with Crippen LogP contribution in [0, 0.1) is 0 Å². The van der Waals surface area contributed by atoms with Gasteiger partial charge < -0.3 is 21.5 Å². The Hall–Kier alpha value is -2.28. The van der Waals surface area contributed by atoms with Crippen LogP contribution in [0.1, 0.15) is 12.0 Å². The summed E-state index contributed by atoms with van der Waals surface area (Å²) in [6.07, 6.45) is 0.109. The lowest BCUT2D eigenvalue weighted by Crippen LogP contribution is -2.48. The average Bonchev–Trinajstić information content (AvgIpc) is 2.39. The molecule has 0 unspecified atom stereocenters. The Morgan fingerprint density at radius 1 is 1.24 bits per heavy atom. The van der Waals surface area contributed by atoms with Crippen LogP contribution in [0.5, 0.6) is 0 Å². The minimum absolute atomic E-state index is 0.316. The summed E-state index contributed by atoms with van der Waals surface area (Å²) in [5, 5.41) is 14.1. The molecule has 21 heavy (non-hydrogen) atoms. The third kappa shape index (κ3) is 6.62. The molecule has 1 aromatic carbocycles. The Bertz CT molecular complexity index is 519. The molecule has 0 saturated heterocycles. The van der Waals surface area contributed by atoms with Crippen molar-refractivity contribution in [3.63, 3.8) is 0 Å². The number of carboxylic acid groups (broad SMARTS) is 1. The quantitative estimate of drug-likeness (QED) is 0.586. The molecule has 0 fully saturated rings. The van der Waals surface area contributed by atoms with Gasteiger partial charge in [-0.05, 0) is 24.1 Å². The molecule has 1 aromatic rings. The summed E-state index contributed by atoms with van der Waals surface area (Å²) >= 11 is 5.75. The van der Waals surface area contributed by atoms with E-state index in [1.165, 1.54) is 0 Å². The van der Waals surface area contributed by atoms with E-state index >= 15 is 0 Å². The van der Waals surface area contributed by atoms with E-state index in [0.29, 0.717) is 18.0 Å². The van der Waals surface area contributed by atoms with Crippen molar-refractivity contribution >= 4 is 29.5 Å². The van der Waals surface area contributed by atoms with Gasteiger partial charge in [-0.25, -0.2) is 9.59 Å². The maximum atomic E-state index is 11.5. The third-order valence-electron chi connectivity index (χ3n) is 2.62. The minimum Gasteiger partial charge on any atom is -0.480 e. The Morgan fingerprint density at radius 2 is 1.86 bits per heavy atom. The molecule has 0 saturated carbocycles. The molecular formula is C13H16ClN3O4. The topological polar surface area (TPSA) is 122 Å². The number of carbonyl (C=O) groups is 3. The predicted molar refractivity (Wildman–Crippen MR) is 76.9 cm³/mol. The number of nitrogens with one attached hydrogen (secondary N) is 2. The number of benzene rings is 1. The van der Waals surface area contributed by atoms with Crippen molar-refractivity contribution in [2.45, 2.75) is 18.9 Å². The lowest BCUT2D eigenvalue weighted by Gasteiger charge is -2.13. The van der Waals surface area contributed by atoms with E-state index in [2.05, 4.69) is 10.6 Å². The van der Waals surface area contributed by atoms with Crippen LogP contribution >= 0.6 is 11.6 Å². The van der Waals surface area contributed by atoms with Gasteiger partial charge in [0.1, 0.15) is 6.04 Å². The molecule has 0 heterocycles. The first-order valence-corrected chi connectivity index (χ1v) is 6.56. The maximum Gasteiger partial charge on any atom is 0.326 e. The Labute approximate surface area is 126 Å². The number of rotatable bonds is 7. The second-order valence-electron chi connectivity index (χ2n) is 4.34. The van der Waals surface area contributed by atoms with Crippen molar-refractivity contribution < 1.29 is 19.5 Å². The van der Waals surface area contributed by atoms with Gasteiger partial charge in [0.25, 0.3) is 0 Å². The van der Waals surface area contributed by atoms with Crippen LogP contribution in [0.15, 0.2) is 24.3 Å². The number of nitrogens with two attached hydrogens (primary N) is 1. The van der Waals surface area contributed by atoms with Gasteiger partial charge in [-0.2, -0.15) is 0 Å². The lowest BCUT2D eigenvalue weighted by molar-refractivity contribution is -0.140. The van der Waals surface area contributed by atoms with Gasteiger partial charge in [-0.1, -0.05) is 23.7 Å². The van der Waals surface area contributed by atoms with Crippen molar-refractivity contribution in [1.29, 1.82) is 0 Å². The van der Waals surface area contributed by atoms with Crippen molar-refractivity contribution in [2.75, 3.05) is 6.54 Å². The number of hydrogen-bond donors (Lipinski definition) is 4. The largest absolute Gasteiger partial charge is 0.480 e. The summed E-state index contributed by atoms with van der Waals surface area (Å²) in [5.41, 5.74) is 5.89. The SMILES string of the molecule is NC(=O)C[C@@H](NC(=O)NCCc1ccc(Cl)cc1)C(=O)O. The van der Waals surface area contributed by atoms with E-state index in [-0.39, 0.29) is 0 Å². The van der Waals surface area contributed by atoms with Gasteiger partial charge in [0.2, 0.25) is 5.91 Å². The summed E-state index contributed by atoms with van der Waals surface area (Å²) in [7, 11) is 0. The average molecular weight is 314 g/mol. The number of halogens is 1. The minimum atomic E-state index is -1.34. The zero-order valence-corrected chi connectivity index (χ0v) is 11.9. The second kappa shape index (κ2) is 8.11. The number of carbonyl (C=O) groups excluding carboxylic acids is 2. The molecule has 1 atom stereocenters. The Morgan fingerprint density at radius 3 is 2.38 bits per heavy atom. The van der Waals surface area contributed by atoms with Crippen LogP contribution in [0.25, 0.3) is 0 Å². The summed E-state index contributed by atoms with van der Waals surface area (Å²) in [6.45, 7) is 0.316. The number of hydrogen-bond acceptors (Lipinski definition) is 3. The van der Waals surface area contributed by atoms with Gasteiger partial charge in [-0.15, -0.1) is 0 Å². The fraction of sp³-hybridized carbons (Fsp3) is 0.308. The fourth-order valence-corrected chi connectivity index (χ4v) is 1.71. The summed E-state index contributed by atoms with van der Waals surface area (Å²) in [5.74, 6) is -2.12. The van der Waals surface area contributed by atoms with Crippen LogP contribution < -0.4 is 16.4 Å². The third-order valence-corrected chi connectivity index (χ3v) is 2.87. The molecule has 0 aliphatic rings. The van der Waals surface area contributed by atoms with Gasteiger partial charge in [0.05, 0.1) is 6.42 Å². The van der Waals surface area contributed by atoms with E-state index in [1.807, 2.05) is 12.1 Å². The Kier molecular flexibility index (Phi) is 6.48. The van der Waals surface area contributed by atoms with Crippen LogP contribution in [-0.2, 0) is 16.0 Å². The van der Waals surface area contributed by atoms with E-state index in [4.69, 9.17) is 22.4 Å². The molecule has 0 aliphatic heterocycles. The van der Waals surface area contributed by atoms with Gasteiger partial charge in [0, 0.05) is 11.6 Å². The van der Waals surface area contributed by atoms with Crippen molar-refractivity contribution in [3.8, 4) is 0 Å². The molecule has 5 N–H and O–H groups in total. The number of primary amides is 1. The van der Waals surface area contributed by atoms with E-state index in [0.717, 1.165) is 5.56 Å². The van der Waals surface area contributed by atoms with E-state index in [1.54, 1.807) is 12.1 Å². The number of urea groups is 1. The molecule has 8 heteroatoms. The molecule has 0 aliphatic carbocycles. The number of aliphatic carboxylic acids is 1. The van der Waals surface area contributed by atoms with Crippen LogP contribution in [-0.4, -0.2) is 35.6 Å². The standard InChI is InChI=1S/C13H16ClN3O4/c14-9-3-1-8(2-4-9)5-6-16-13(21)17-10(12(19)20)7-11(15)18/h1-4,10H,5-7H2,(H2,15,18)(H,19,20)(H2,16,17,21)/t10-/m1/s1. The smallest absolute Gasteiger partial charge is 0.326 e. The normalized spacial score (nSPS) is 11.5. The van der Waals surface area contributed by atoms with Crippen LogP contribution in [0.4, 0.5) is 4.79 Å². The molecule has 1 rings (SSSR count). The molecule has 0 bridgehead atoms. The van der Waals surface area contributed by atoms with Gasteiger partial charge in [0.15, 0.2) is 0 Å². The summed E-state index contributed by atoms with van der Waals surface area (Å²) in [4.78, 5) is 33.1. The van der Waals surface area contributed by atoms with Crippen molar-refractivity contribution in [3.05, 3.63) is 34.9 Å². The number of amides is 3. The highest BCUT2D eigenvalue weighted by Gasteiger charge is 2.21. The monoisotopic (exact) mass is 313 g/mol. The van der Waals surface area contributed by atoms with Gasteiger partial charge >= 0.3 is 12.0 Å². The summed E-state index contributed by atoms with van der Waals surface area (Å²) in [6, 6.07) is 5.13. The first kappa shape index (κ1) is 16.8. The molecule has 0 aromatic heterocycles. The highest BCUT2D eigenvalue weighted by Crippen LogP contribution is 2.09. The second-order valence-corrected chi connectivity index (χ2v) is 4.77. The van der Waals surface area contributed by atoms with E-state index < -0.39 is 30.4 Å². The first-order chi connectivity index (χ1) is 9.88. The van der Waals surface area contributed by atoms with Crippen molar-refractivity contribution in [1.82, 2.24) is 10.6 Å². The zero-order chi connectivity index (χ0) is 15.8. The fourth-order valence-electron chi connectivity index (χ4n) is 1.58. The molecule has 0 radical (unpaired) electrons. The van der Waals surface area contributed by atoms with Crippen LogP contribution in [0.3, 0.4) is 0 Å². The highest BCUT2D eigenvalue weighted by atomic mass is 35.5. The maximum absolute atomic E-state index is 11.5.